The highest BCUT2D eigenvalue weighted by atomic mass is 19.4. The summed E-state index contributed by atoms with van der Waals surface area (Å²) in [6, 6.07) is 9.45. The van der Waals surface area contributed by atoms with Crippen LogP contribution in [0.15, 0.2) is 41.0 Å². The highest BCUT2D eigenvalue weighted by molar-refractivity contribution is 5.92. The van der Waals surface area contributed by atoms with E-state index < -0.39 is 12.3 Å². The Labute approximate surface area is 153 Å². The molecule has 5 nitrogen and oxygen atoms in total. The van der Waals surface area contributed by atoms with E-state index in [1.54, 1.807) is 12.1 Å². The molecule has 1 N–H and O–H groups in total. The van der Waals surface area contributed by atoms with Crippen molar-refractivity contribution in [3.05, 3.63) is 42.0 Å². The Kier molecular flexibility index (Phi) is 4.30. The summed E-state index contributed by atoms with van der Waals surface area (Å²) in [4.78, 5) is 2.19. The second-order valence-corrected chi connectivity index (χ2v) is 7.04. The predicted molar refractivity (Wildman–Crippen MR) is 94.2 cm³/mol. The van der Waals surface area contributed by atoms with Crippen LogP contribution in [0.2, 0.25) is 0 Å². The molecule has 1 aromatic heterocycles. The maximum atomic E-state index is 12.9. The molecule has 1 saturated heterocycles. The third kappa shape index (κ3) is 3.37. The molecule has 0 radical (unpaired) electrons. The molecule has 0 spiro atoms. The molecule has 3 aromatic rings. The predicted octanol–water partition coefficient (Wildman–Crippen LogP) is 4.33. The first-order valence-electron chi connectivity index (χ1n) is 8.69. The van der Waals surface area contributed by atoms with Crippen LogP contribution in [0.1, 0.15) is 25.0 Å². The average molecular weight is 377 g/mol. The number of hydrogen-bond donors (Lipinski definition) is 1. The van der Waals surface area contributed by atoms with Crippen molar-refractivity contribution in [3.63, 3.8) is 0 Å². The molecule has 0 amide bonds. The number of benzene rings is 2. The van der Waals surface area contributed by atoms with Crippen molar-refractivity contribution in [2.45, 2.75) is 25.6 Å². The smallest absolute Gasteiger partial charge is 0.379 e. The van der Waals surface area contributed by atoms with Gasteiger partial charge >= 0.3 is 6.18 Å². The zero-order valence-corrected chi connectivity index (χ0v) is 14.6. The van der Waals surface area contributed by atoms with Crippen LogP contribution in [-0.4, -0.2) is 34.7 Å². The van der Waals surface area contributed by atoms with Crippen LogP contribution in [0.25, 0.3) is 22.2 Å². The average Bonchev–Trinajstić information content (AvgIpc) is 3.28. The number of hydrogen-bond acceptors (Lipinski definition) is 5. The van der Waals surface area contributed by atoms with Crippen LogP contribution in [0.5, 0.6) is 0 Å². The van der Waals surface area contributed by atoms with Gasteiger partial charge in [0.1, 0.15) is 5.52 Å². The van der Waals surface area contributed by atoms with Gasteiger partial charge in [-0.2, -0.15) is 13.2 Å². The molecule has 0 bridgehead atoms. The number of alkyl halides is 3. The van der Waals surface area contributed by atoms with E-state index in [1.165, 1.54) is 18.2 Å². The van der Waals surface area contributed by atoms with Crippen molar-refractivity contribution in [3.8, 4) is 11.1 Å². The summed E-state index contributed by atoms with van der Waals surface area (Å²) in [5, 5.41) is 17.4. The van der Waals surface area contributed by atoms with Crippen molar-refractivity contribution in [2.24, 2.45) is 5.92 Å². The molecule has 27 heavy (non-hydrogen) atoms. The fraction of sp³-hybridized carbons (Fsp3) is 0.368. The number of anilines is 1. The van der Waals surface area contributed by atoms with Crippen molar-refractivity contribution >= 4 is 16.7 Å². The van der Waals surface area contributed by atoms with Crippen LogP contribution < -0.4 is 4.90 Å². The first-order valence-corrected chi connectivity index (χ1v) is 8.69. The van der Waals surface area contributed by atoms with Crippen LogP contribution >= 0.6 is 0 Å². The van der Waals surface area contributed by atoms with Gasteiger partial charge in [0.15, 0.2) is 11.6 Å². The maximum Gasteiger partial charge on any atom is 0.418 e. The third-order valence-corrected chi connectivity index (χ3v) is 4.95. The van der Waals surface area contributed by atoms with E-state index in [1.807, 2.05) is 6.07 Å². The summed E-state index contributed by atoms with van der Waals surface area (Å²) in [5.74, 6) is 0.550. The van der Waals surface area contributed by atoms with E-state index in [-0.39, 0.29) is 5.56 Å². The topological polar surface area (TPSA) is 62.4 Å². The molecule has 142 valence electrons. The van der Waals surface area contributed by atoms with Gasteiger partial charge in [-0.25, -0.2) is 4.63 Å². The van der Waals surface area contributed by atoms with Crippen LogP contribution in [-0.2, 0) is 0 Å². The number of fused-ring (bicyclic) bond motifs is 1. The Hall–Kier alpha value is -2.61. The molecule has 0 saturated carbocycles. The van der Waals surface area contributed by atoms with E-state index in [2.05, 4.69) is 22.1 Å². The van der Waals surface area contributed by atoms with E-state index in [9.17, 15) is 18.3 Å². The summed E-state index contributed by atoms with van der Waals surface area (Å²) in [6.45, 7) is 3.92. The van der Waals surface area contributed by atoms with Gasteiger partial charge in [0, 0.05) is 13.1 Å². The fourth-order valence-electron chi connectivity index (χ4n) is 3.51. The second kappa shape index (κ2) is 6.53. The lowest BCUT2D eigenvalue weighted by molar-refractivity contribution is -0.206. The highest BCUT2D eigenvalue weighted by Gasteiger charge is 2.39. The van der Waals surface area contributed by atoms with Gasteiger partial charge < -0.3 is 10.0 Å². The zero-order chi connectivity index (χ0) is 19.2. The Bertz CT molecular complexity index is 970. The van der Waals surface area contributed by atoms with Crippen LogP contribution in [0.3, 0.4) is 0 Å². The van der Waals surface area contributed by atoms with Crippen molar-refractivity contribution in [1.82, 2.24) is 10.3 Å². The first kappa shape index (κ1) is 17.8. The Morgan fingerprint density at radius 1 is 1.19 bits per heavy atom. The number of nitrogens with zero attached hydrogens (tertiary/aromatic N) is 3. The van der Waals surface area contributed by atoms with E-state index in [4.69, 9.17) is 4.63 Å². The Morgan fingerprint density at radius 2 is 2.00 bits per heavy atom. The lowest BCUT2D eigenvalue weighted by atomic mass is 9.99. The van der Waals surface area contributed by atoms with Gasteiger partial charge in [-0.15, -0.1) is 0 Å². The molecule has 1 fully saturated rings. The maximum absolute atomic E-state index is 12.9. The molecular formula is C19H18F3N3O2. The minimum absolute atomic E-state index is 0.199. The molecule has 2 aromatic carbocycles. The summed E-state index contributed by atoms with van der Waals surface area (Å²) in [6.07, 6.45) is -6.17. The monoisotopic (exact) mass is 377 g/mol. The Morgan fingerprint density at radius 3 is 2.70 bits per heavy atom. The summed E-state index contributed by atoms with van der Waals surface area (Å²) in [7, 11) is 0. The minimum atomic E-state index is -4.71. The molecule has 0 aliphatic carbocycles. The molecule has 8 heteroatoms. The molecule has 1 unspecified atom stereocenters. The highest BCUT2D eigenvalue weighted by Crippen LogP contribution is 2.37. The van der Waals surface area contributed by atoms with Gasteiger partial charge in [0.25, 0.3) is 0 Å². The van der Waals surface area contributed by atoms with Gasteiger partial charge in [0.2, 0.25) is 0 Å². The molecular weight excluding hydrogens is 359 g/mol. The summed E-state index contributed by atoms with van der Waals surface area (Å²) >= 11 is 0. The molecule has 2 atom stereocenters. The van der Waals surface area contributed by atoms with E-state index in [0.29, 0.717) is 28.1 Å². The number of aliphatic hydroxyl groups excluding tert-OH is 1. The van der Waals surface area contributed by atoms with Crippen molar-refractivity contribution in [2.75, 3.05) is 18.0 Å². The molecule has 1 aliphatic rings. The Balaban J connectivity index is 1.78. The van der Waals surface area contributed by atoms with Crippen LogP contribution in [0, 0.1) is 5.92 Å². The minimum Gasteiger partial charge on any atom is -0.379 e. The molecule has 4 rings (SSSR count). The lowest BCUT2D eigenvalue weighted by Crippen LogP contribution is -2.20. The third-order valence-electron chi connectivity index (χ3n) is 4.95. The standard InChI is InChI=1S/C19H18F3N3O2/c1-11-5-6-25(10-11)16-9-14(8-15-17(16)24-27-23-15)12-3-2-4-13(7-12)18(26)19(20,21)22/h2-4,7-9,11,18,26H,5-6,10H2,1H3/t11-,18?/m1/s1. The summed E-state index contributed by atoms with van der Waals surface area (Å²) in [5.41, 5.74) is 3.10. The van der Waals surface area contributed by atoms with Crippen molar-refractivity contribution < 1.29 is 22.9 Å². The molecule has 1 aliphatic heterocycles. The van der Waals surface area contributed by atoms with E-state index >= 15 is 0 Å². The van der Waals surface area contributed by atoms with Gasteiger partial charge in [-0.3, -0.25) is 0 Å². The van der Waals surface area contributed by atoms with Gasteiger partial charge in [-0.05, 0) is 57.5 Å². The number of halogens is 3. The fourth-order valence-corrected chi connectivity index (χ4v) is 3.51. The normalized spacial score (nSPS) is 19.0. The summed E-state index contributed by atoms with van der Waals surface area (Å²) < 4.78 is 43.4. The van der Waals surface area contributed by atoms with E-state index in [0.717, 1.165) is 25.2 Å². The lowest BCUT2D eigenvalue weighted by Gasteiger charge is -2.19. The number of aromatic nitrogens is 2. The number of aliphatic hydroxyl groups is 1. The SMILES string of the molecule is C[C@@H]1CCN(c2cc(-c3cccc(C(O)C(F)(F)F)c3)cc3nonc23)C1. The van der Waals surface area contributed by atoms with Gasteiger partial charge in [-0.1, -0.05) is 25.1 Å². The first-order chi connectivity index (χ1) is 12.8. The largest absolute Gasteiger partial charge is 0.418 e. The van der Waals surface area contributed by atoms with Gasteiger partial charge in [0.05, 0.1) is 5.69 Å². The molecule has 2 heterocycles. The van der Waals surface area contributed by atoms with Crippen LogP contribution in [0.4, 0.5) is 18.9 Å². The number of rotatable bonds is 3. The van der Waals surface area contributed by atoms with Crippen molar-refractivity contribution in [1.29, 1.82) is 0 Å². The zero-order valence-electron chi connectivity index (χ0n) is 14.6. The quantitative estimate of drug-likeness (QED) is 0.736. The second-order valence-electron chi connectivity index (χ2n) is 7.04.